The number of nitrogen functional groups attached to an aromatic ring is 1. The summed E-state index contributed by atoms with van der Waals surface area (Å²) in [4.78, 5) is 11.8. The Bertz CT molecular complexity index is 563. The first-order valence-electron chi connectivity index (χ1n) is 4.99. The molecule has 0 fully saturated rings. The number of nitrogens with two attached hydrogens (primary N) is 1. The van der Waals surface area contributed by atoms with Gasteiger partial charge in [0, 0.05) is 5.69 Å². The lowest BCUT2D eigenvalue weighted by Gasteiger charge is -2.06. The molecule has 0 radical (unpaired) electrons. The van der Waals surface area contributed by atoms with Gasteiger partial charge in [-0.05, 0) is 37.3 Å². The van der Waals surface area contributed by atoms with Gasteiger partial charge in [-0.2, -0.15) is 0 Å². The topological polar surface area (TPSA) is 68.3 Å². The minimum absolute atomic E-state index is 0.237. The van der Waals surface area contributed by atoms with E-state index in [2.05, 4.69) is 5.32 Å². The molecular weight excluding hydrogens is 240 g/mol. The number of carbonyl (C=O) groups is 1. The van der Waals surface area contributed by atoms with Gasteiger partial charge in [0.1, 0.15) is 5.76 Å². The molecule has 0 aliphatic rings. The van der Waals surface area contributed by atoms with Crippen LogP contribution in [0.5, 0.6) is 0 Å². The van der Waals surface area contributed by atoms with Gasteiger partial charge in [-0.1, -0.05) is 11.6 Å². The lowest BCUT2D eigenvalue weighted by atomic mass is 10.2. The second-order valence-corrected chi connectivity index (χ2v) is 4.01. The molecule has 1 aromatic heterocycles. The zero-order chi connectivity index (χ0) is 12.4. The number of benzene rings is 1. The van der Waals surface area contributed by atoms with Crippen LogP contribution >= 0.6 is 11.6 Å². The van der Waals surface area contributed by atoms with Crippen LogP contribution in [0.3, 0.4) is 0 Å². The standard InChI is InChI=1S/C12H11ClN2O2/c1-7-2-5-11(17-7)12(16)15-10-6-8(14)3-4-9(10)13/h2-6H,14H2,1H3,(H,15,16). The van der Waals surface area contributed by atoms with Crippen LogP contribution < -0.4 is 11.1 Å². The summed E-state index contributed by atoms with van der Waals surface area (Å²) in [5.74, 6) is 0.556. The number of anilines is 2. The molecule has 2 rings (SSSR count). The van der Waals surface area contributed by atoms with Crippen LogP contribution in [0.1, 0.15) is 16.3 Å². The minimum Gasteiger partial charge on any atom is -0.456 e. The number of hydrogen-bond donors (Lipinski definition) is 2. The molecule has 5 heteroatoms. The van der Waals surface area contributed by atoms with Gasteiger partial charge in [0.15, 0.2) is 5.76 Å². The summed E-state index contributed by atoms with van der Waals surface area (Å²) in [7, 11) is 0. The number of nitrogens with one attached hydrogen (secondary N) is 1. The summed E-state index contributed by atoms with van der Waals surface area (Å²) in [6.45, 7) is 1.77. The normalized spacial score (nSPS) is 10.2. The van der Waals surface area contributed by atoms with Gasteiger partial charge < -0.3 is 15.5 Å². The molecule has 88 valence electrons. The largest absolute Gasteiger partial charge is 0.456 e. The SMILES string of the molecule is Cc1ccc(C(=O)Nc2cc(N)ccc2Cl)o1. The first kappa shape index (κ1) is 11.5. The maximum Gasteiger partial charge on any atom is 0.291 e. The van der Waals surface area contributed by atoms with Crippen LogP contribution in [-0.2, 0) is 0 Å². The van der Waals surface area contributed by atoms with E-state index in [0.717, 1.165) is 0 Å². The molecule has 0 saturated carbocycles. The van der Waals surface area contributed by atoms with Crippen LogP contribution in [-0.4, -0.2) is 5.91 Å². The van der Waals surface area contributed by atoms with Crippen molar-refractivity contribution in [3.8, 4) is 0 Å². The van der Waals surface area contributed by atoms with E-state index in [1.54, 1.807) is 37.3 Å². The quantitative estimate of drug-likeness (QED) is 0.805. The Balaban J connectivity index is 2.21. The molecule has 1 aromatic carbocycles. The molecular formula is C12H11ClN2O2. The van der Waals surface area contributed by atoms with Crippen molar-refractivity contribution in [3.63, 3.8) is 0 Å². The second-order valence-electron chi connectivity index (χ2n) is 3.60. The Labute approximate surface area is 103 Å². The van der Waals surface area contributed by atoms with Crippen LogP contribution in [0.15, 0.2) is 34.7 Å². The summed E-state index contributed by atoms with van der Waals surface area (Å²) < 4.78 is 5.20. The molecule has 3 N–H and O–H groups in total. The van der Waals surface area contributed by atoms with Crippen molar-refractivity contribution in [2.45, 2.75) is 6.92 Å². The second kappa shape index (κ2) is 4.51. The van der Waals surface area contributed by atoms with E-state index in [0.29, 0.717) is 22.2 Å². The minimum atomic E-state index is -0.356. The fraction of sp³-hybridized carbons (Fsp3) is 0.0833. The van der Waals surface area contributed by atoms with Gasteiger partial charge in [0.25, 0.3) is 5.91 Å². The van der Waals surface area contributed by atoms with E-state index in [-0.39, 0.29) is 11.7 Å². The van der Waals surface area contributed by atoms with E-state index in [1.807, 2.05) is 0 Å². The molecule has 0 aliphatic heterocycles. The monoisotopic (exact) mass is 250 g/mol. The molecule has 17 heavy (non-hydrogen) atoms. The average Bonchev–Trinajstić information content (AvgIpc) is 2.70. The molecule has 1 heterocycles. The summed E-state index contributed by atoms with van der Waals surface area (Å²) in [6, 6.07) is 8.20. The highest BCUT2D eigenvalue weighted by Crippen LogP contribution is 2.24. The third kappa shape index (κ3) is 2.60. The van der Waals surface area contributed by atoms with Crippen molar-refractivity contribution in [2.24, 2.45) is 0 Å². The average molecular weight is 251 g/mol. The lowest BCUT2D eigenvalue weighted by Crippen LogP contribution is -2.11. The first-order valence-corrected chi connectivity index (χ1v) is 5.37. The van der Waals surface area contributed by atoms with Crippen molar-refractivity contribution in [3.05, 3.63) is 46.9 Å². The van der Waals surface area contributed by atoms with Gasteiger partial charge in [0.05, 0.1) is 10.7 Å². The maximum atomic E-state index is 11.8. The van der Waals surface area contributed by atoms with E-state index >= 15 is 0 Å². The van der Waals surface area contributed by atoms with E-state index in [9.17, 15) is 4.79 Å². The van der Waals surface area contributed by atoms with Crippen LogP contribution in [0, 0.1) is 6.92 Å². The zero-order valence-electron chi connectivity index (χ0n) is 9.16. The fourth-order valence-corrected chi connectivity index (χ4v) is 1.54. The number of halogens is 1. The van der Waals surface area contributed by atoms with Crippen molar-refractivity contribution in [2.75, 3.05) is 11.1 Å². The maximum absolute atomic E-state index is 11.8. The Morgan fingerprint density at radius 1 is 1.35 bits per heavy atom. The highest BCUT2D eigenvalue weighted by atomic mass is 35.5. The molecule has 4 nitrogen and oxygen atoms in total. The van der Waals surface area contributed by atoms with Crippen molar-refractivity contribution < 1.29 is 9.21 Å². The summed E-state index contributed by atoms with van der Waals surface area (Å²) >= 11 is 5.93. The number of aryl methyl sites for hydroxylation is 1. The fourth-order valence-electron chi connectivity index (χ4n) is 1.38. The molecule has 1 amide bonds. The number of hydrogen-bond acceptors (Lipinski definition) is 3. The van der Waals surface area contributed by atoms with E-state index < -0.39 is 0 Å². The first-order chi connectivity index (χ1) is 8.06. The van der Waals surface area contributed by atoms with Gasteiger partial charge in [0.2, 0.25) is 0 Å². The van der Waals surface area contributed by atoms with Crippen molar-refractivity contribution in [1.29, 1.82) is 0 Å². The molecule has 0 aliphatic carbocycles. The summed E-state index contributed by atoms with van der Waals surface area (Å²) in [5.41, 5.74) is 6.60. The highest BCUT2D eigenvalue weighted by Gasteiger charge is 2.11. The Kier molecular flexibility index (Phi) is 3.06. The molecule has 0 bridgehead atoms. The van der Waals surface area contributed by atoms with Crippen LogP contribution in [0.25, 0.3) is 0 Å². The Morgan fingerprint density at radius 2 is 2.12 bits per heavy atom. The summed E-state index contributed by atoms with van der Waals surface area (Å²) in [5, 5.41) is 3.06. The molecule has 0 spiro atoms. The molecule has 0 atom stereocenters. The molecule has 2 aromatic rings. The smallest absolute Gasteiger partial charge is 0.291 e. The number of carbonyl (C=O) groups excluding carboxylic acids is 1. The van der Waals surface area contributed by atoms with Gasteiger partial charge in [-0.25, -0.2) is 0 Å². The third-order valence-corrected chi connectivity index (χ3v) is 2.53. The predicted molar refractivity (Wildman–Crippen MR) is 67.3 cm³/mol. The third-order valence-electron chi connectivity index (χ3n) is 2.20. The predicted octanol–water partition coefficient (Wildman–Crippen LogP) is 3.08. The zero-order valence-corrected chi connectivity index (χ0v) is 9.91. The Morgan fingerprint density at radius 3 is 2.76 bits per heavy atom. The number of furan rings is 1. The highest BCUT2D eigenvalue weighted by molar-refractivity contribution is 6.34. The van der Waals surface area contributed by atoms with E-state index in [1.165, 1.54) is 0 Å². The Hall–Kier alpha value is -1.94. The number of rotatable bonds is 2. The summed E-state index contributed by atoms with van der Waals surface area (Å²) in [6.07, 6.45) is 0. The molecule has 0 unspecified atom stereocenters. The van der Waals surface area contributed by atoms with E-state index in [4.69, 9.17) is 21.8 Å². The van der Waals surface area contributed by atoms with Gasteiger partial charge in [-0.15, -0.1) is 0 Å². The van der Waals surface area contributed by atoms with Crippen molar-refractivity contribution >= 4 is 28.9 Å². The van der Waals surface area contributed by atoms with Gasteiger partial charge in [-0.3, -0.25) is 4.79 Å². The van der Waals surface area contributed by atoms with Crippen molar-refractivity contribution in [1.82, 2.24) is 0 Å². The van der Waals surface area contributed by atoms with Gasteiger partial charge >= 0.3 is 0 Å². The van der Waals surface area contributed by atoms with Crippen LogP contribution in [0.2, 0.25) is 5.02 Å². The molecule has 0 saturated heterocycles. The number of amides is 1. The van der Waals surface area contributed by atoms with Crippen LogP contribution in [0.4, 0.5) is 11.4 Å². The lowest BCUT2D eigenvalue weighted by molar-refractivity contribution is 0.0995.